The normalized spacial score (nSPS) is 14.4. The maximum atomic E-state index is 13.2. The van der Waals surface area contributed by atoms with Crippen molar-refractivity contribution in [3.8, 4) is 0 Å². The van der Waals surface area contributed by atoms with Gasteiger partial charge in [-0.2, -0.15) is 30.4 Å². The Kier molecular flexibility index (Phi) is 4.96. The van der Waals surface area contributed by atoms with Crippen LogP contribution in [-0.2, 0) is 14.9 Å². The molecule has 0 amide bonds. The van der Waals surface area contributed by atoms with E-state index in [1.54, 1.807) is 0 Å². The molecule has 1 atom stereocenters. The number of halogens is 7. The number of hydrogen-bond acceptors (Lipinski definition) is 4. The first-order valence-corrected chi connectivity index (χ1v) is 6.69. The molecule has 0 saturated heterocycles. The van der Waals surface area contributed by atoms with Crippen LogP contribution in [0.2, 0.25) is 0 Å². The number of carbonyl (C=O) groups excluding carboxylic acids is 1. The van der Waals surface area contributed by atoms with E-state index in [1.165, 1.54) is 0 Å². The summed E-state index contributed by atoms with van der Waals surface area (Å²) in [4.78, 5) is 11.3. The third kappa shape index (κ3) is 4.10. The topological polar surface area (TPSA) is 80.7 Å². The molecule has 0 radical (unpaired) electrons. The fourth-order valence-electron chi connectivity index (χ4n) is 1.29. The number of ether oxygens (including phenoxy) is 1. The number of carbonyl (C=O) groups is 1. The minimum Gasteiger partial charge on any atom is -0.441 e. The van der Waals surface area contributed by atoms with Gasteiger partial charge in [0.1, 0.15) is 11.6 Å². The van der Waals surface area contributed by atoms with Crippen molar-refractivity contribution in [2.45, 2.75) is 17.5 Å². The first-order chi connectivity index (χ1) is 10.2. The van der Waals surface area contributed by atoms with Gasteiger partial charge in [-0.25, -0.2) is 13.6 Å². The lowest BCUT2D eigenvalue weighted by Crippen LogP contribution is -2.52. The molecule has 0 aromatic heterocycles. The Labute approximate surface area is 123 Å². The maximum Gasteiger partial charge on any atom is 0.432 e. The summed E-state index contributed by atoms with van der Waals surface area (Å²) in [5, 5.41) is -5.95. The molecular formula is C10H5F7O5S. The van der Waals surface area contributed by atoms with Gasteiger partial charge in [0.25, 0.3) is 6.10 Å². The summed E-state index contributed by atoms with van der Waals surface area (Å²) in [5.41, 5.74) is -1.35. The third-order valence-corrected chi connectivity index (χ3v) is 3.22. The second kappa shape index (κ2) is 5.96. The quantitative estimate of drug-likeness (QED) is 0.501. The first-order valence-electron chi connectivity index (χ1n) is 5.25. The van der Waals surface area contributed by atoms with Crippen molar-refractivity contribution in [3.05, 3.63) is 35.4 Å². The second-order valence-corrected chi connectivity index (χ2v) is 5.48. The summed E-state index contributed by atoms with van der Waals surface area (Å²) in [6.07, 6.45) is -10.7. The van der Waals surface area contributed by atoms with Crippen molar-refractivity contribution in [2.75, 3.05) is 0 Å². The molecule has 0 aliphatic rings. The van der Waals surface area contributed by atoms with Gasteiger partial charge >= 0.3 is 27.5 Å². The van der Waals surface area contributed by atoms with Gasteiger partial charge in [0.15, 0.2) is 0 Å². The van der Waals surface area contributed by atoms with E-state index >= 15 is 0 Å². The number of esters is 1. The number of alkyl halides is 5. The highest BCUT2D eigenvalue weighted by Gasteiger charge is 2.66. The van der Waals surface area contributed by atoms with E-state index in [-0.39, 0.29) is 6.07 Å². The van der Waals surface area contributed by atoms with E-state index in [0.717, 1.165) is 0 Å². The minimum atomic E-state index is -6.61. The van der Waals surface area contributed by atoms with Crippen LogP contribution in [-0.4, -0.2) is 36.5 Å². The zero-order chi connectivity index (χ0) is 18.2. The fraction of sp³-hybridized carbons (Fsp3) is 0.300. The van der Waals surface area contributed by atoms with Crippen molar-refractivity contribution in [1.29, 1.82) is 0 Å². The van der Waals surface area contributed by atoms with E-state index in [4.69, 9.17) is 4.55 Å². The SMILES string of the molecule is O=C(OC(C(F)(F)F)C(F)(F)S(=O)(=O)O)c1ccc(F)cc1F. The largest absolute Gasteiger partial charge is 0.441 e. The Morgan fingerprint density at radius 3 is 2.04 bits per heavy atom. The minimum absolute atomic E-state index is 0.0557. The molecule has 130 valence electrons. The van der Waals surface area contributed by atoms with Crippen molar-refractivity contribution in [1.82, 2.24) is 0 Å². The summed E-state index contributed by atoms with van der Waals surface area (Å²) in [5.74, 6) is -5.30. The number of rotatable bonds is 4. The van der Waals surface area contributed by atoms with Gasteiger partial charge in [-0.05, 0) is 12.1 Å². The van der Waals surface area contributed by atoms with Crippen LogP contribution < -0.4 is 0 Å². The average molecular weight is 370 g/mol. The lowest BCUT2D eigenvalue weighted by Gasteiger charge is -2.26. The highest BCUT2D eigenvalue weighted by Crippen LogP contribution is 2.38. The summed E-state index contributed by atoms with van der Waals surface area (Å²) >= 11 is 0. The fourth-order valence-corrected chi connectivity index (χ4v) is 1.74. The van der Waals surface area contributed by atoms with Crippen LogP contribution in [0.25, 0.3) is 0 Å². The molecule has 13 heteroatoms. The predicted octanol–water partition coefficient (Wildman–Crippen LogP) is 2.53. The van der Waals surface area contributed by atoms with Crippen LogP contribution in [0.15, 0.2) is 18.2 Å². The van der Waals surface area contributed by atoms with Crippen LogP contribution in [0.1, 0.15) is 10.4 Å². The monoisotopic (exact) mass is 370 g/mol. The lowest BCUT2D eigenvalue weighted by molar-refractivity contribution is -0.248. The highest BCUT2D eigenvalue weighted by atomic mass is 32.2. The zero-order valence-electron chi connectivity index (χ0n) is 10.4. The van der Waals surface area contributed by atoms with Crippen LogP contribution in [0.5, 0.6) is 0 Å². The molecule has 1 aromatic rings. The maximum absolute atomic E-state index is 13.2. The van der Waals surface area contributed by atoms with Gasteiger partial charge in [0.05, 0.1) is 5.56 Å². The molecule has 0 saturated carbocycles. The zero-order valence-corrected chi connectivity index (χ0v) is 11.3. The Morgan fingerprint density at radius 1 is 1.13 bits per heavy atom. The van der Waals surface area contributed by atoms with E-state index in [2.05, 4.69) is 4.74 Å². The van der Waals surface area contributed by atoms with E-state index in [9.17, 15) is 43.9 Å². The summed E-state index contributed by atoms with van der Waals surface area (Å²) in [6, 6.07) is 0.773. The molecule has 0 aliphatic carbocycles. The molecule has 1 rings (SSSR count). The molecule has 0 spiro atoms. The average Bonchev–Trinajstić information content (AvgIpc) is 2.32. The summed E-state index contributed by atoms with van der Waals surface area (Å²) in [6.45, 7) is 0. The van der Waals surface area contributed by atoms with Gasteiger partial charge < -0.3 is 4.74 Å². The van der Waals surface area contributed by atoms with Crippen LogP contribution in [0, 0.1) is 11.6 Å². The molecule has 1 N–H and O–H groups in total. The lowest BCUT2D eigenvalue weighted by atomic mass is 10.2. The second-order valence-electron chi connectivity index (χ2n) is 3.99. The summed E-state index contributed by atoms with van der Waals surface area (Å²) in [7, 11) is -6.61. The standard InChI is InChI=1S/C10H5F7O5S/c11-4-1-2-5(6(12)3-4)7(18)22-8(9(13,14)15)10(16,17)23(19,20)21/h1-3,8H,(H,19,20,21). The van der Waals surface area contributed by atoms with E-state index in [1.807, 2.05) is 0 Å². The van der Waals surface area contributed by atoms with E-state index in [0.29, 0.717) is 12.1 Å². The van der Waals surface area contributed by atoms with Gasteiger partial charge in [-0.3, -0.25) is 4.55 Å². The molecule has 0 aliphatic heterocycles. The molecule has 0 fully saturated rings. The Morgan fingerprint density at radius 2 is 1.65 bits per heavy atom. The van der Waals surface area contributed by atoms with E-state index < -0.39 is 50.8 Å². The van der Waals surface area contributed by atoms with Gasteiger partial charge in [0.2, 0.25) is 0 Å². The number of benzene rings is 1. The first kappa shape index (κ1) is 19.2. The molecule has 0 bridgehead atoms. The Bertz CT molecular complexity index is 713. The van der Waals surface area contributed by atoms with Gasteiger partial charge in [0, 0.05) is 6.07 Å². The molecule has 0 heterocycles. The van der Waals surface area contributed by atoms with Crippen molar-refractivity contribution in [2.24, 2.45) is 0 Å². The third-order valence-electron chi connectivity index (χ3n) is 2.32. The number of hydrogen-bond donors (Lipinski definition) is 1. The smallest absolute Gasteiger partial charge is 0.432 e. The molecule has 1 aromatic carbocycles. The molecule has 23 heavy (non-hydrogen) atoms. The molecule has 1 unspecified atom stereocenters. The van der Waals surface area contributed by atoms with Crippen LogP contribution >= 0.6 is 0 Å². The van der Waals surface area contributed by atoms with Crippen LogP contribution in [0.3, 0.4) is 0 Å². The van der Waals surface area contributed by atoms with Crippen molar-refractivity contribution in [3.63, 3.8) is 0 Å². The van der Waals surface area contributed by atoms with Crippen molar-refractivity contribution >= 4 is 16.1 Å². The Hall–Kier alpha value is -1.89. The van der Waals surface area contributed by atoms with Crippen molar-refractivity contribution < 1.29 is 53.2 Å². The van der Waals surface area contributed by atoms with Gasteiger partial charge in [-0.1, -0.05) is 0 Å². The van der Waals surface area contributed by atoms with Crippen LogP contribution in [0.4, 0.5) is 30.7 Å². The summed E-state index contributed by atoms with van der Waals surface area (Å²) < 4.78 is 122. The predicted molar refractivity (Wildman–Crippen MR) is 58.1 cm³/mol. The molecule has 5 nitrogen and oxygen atoms in total. The molecular weight excluding hydrogens is 365 g/mol. The highest BCUT2D eigenvalue weighted by molar-refractivity contribution is 7.86. The van der Waals surface area contributed by atoms with Gasteiger partial charge in [-0.15, -0.1) is 0 Å². The Balaban J connectivity index is 3.25.